The Kier molecular flexibility index (Phi) is 5.74. The average molecular weight is 445 g/mol. The van der Waals surface area contributed by atoms with Crippen molar-refractivity contribution >= 4 is 33.2 Å². The van der Waals surface area contributed by atoms with E-state index in [9.17, 15) is 14.9 Å². The summed E-state index contributed by atoms with van der Waals surface area (Å²) in [7, 11) is 0. The van der Waals surface area contributed by atoms with E-state index in [2.05, 4.69) is 26.3 Å². The Labute approximate surface area is 169 Å². The van der Waals surface area contributed by atoms with E-state index in [4.69, 9.17) is 4.74 Å². The molecule has 0 aliphatic carbocycles. The lowest BCUT2D eigenvalue weighted by molar-refractivity contribution is -0.384. The minimum absolute atomic E-state index is 0.189. The molecule has 144 valence electrons. The number of aromatic nitrogens is 2. The maximum absolute atomic E-state index is 12.5. The highest BCUT2D eigenvalue weighted by molar-refractivity contribution is 9.10. The lowest BCUT2D eigenvalue weighted by Crippen LogP contribution is -2.14. The summed E-state index contributed by atoms with van der Waals surface area (Å²) in [5.74, 6) is 0.302. The van der Waals surface area contributed by atoms with Crippen LogP contribution in [0.1, 0.15) is 23.0 Å². The lowest BCUT2D eigenvalue weighted by atomic mass is 10.2. The van der Waals surface area contributed by atoms with Crippen LogP contribution in [0.5, 0.6) is 11.5 Å². The molecule has 0 aliphatic heterocycles. The number of ether oxygens (including phenoxy) is 1. The predicted molar refractivity (Wildman–Crippen MR) is 108 cm³/mol. The number of benzene rings is 2. The van der Waals surface area contributed by atoms with Crippen molar-refractivity contribution in [2.24, 2.45) is 0 Å². The third-order valence-corrected chi connectivity index (χ3v) is 4.42. The van der Waals surface area contributed by atoms with Gasteiger partial charge in [0.1, 0.15) is 11.5 Å². The molecule has 0 atom stereocenters. The molecule has 3 aromatic rings. The summed E-state index contributed by atoms with van der Waals surface area (Å²) >= 11 is 3.30. The molecule has 0 fully saturated rings. The number of nitrogens with one attached hydrogen (secondary N) is 1. The Bertz CT molecular complexity index is 1050. The van der Waals surface area contributed by atoms with Gasteiger partial charge in [-0.15, -0.1) is 0 Å². The highest BCUT2D eigenvalue weighted by Crippen LogP contribution is 2.30. The number of hydrogen-bond acceptors (Lipinski definition) is 5. The Balaban J connectivity index is 1.89. The molecular weight excluding hydrogens is 428 g/mol. The largest absolute Gasteiger partial charge is 0.457 e. The van der Waals surface area contributed by atoms with E-state index in [1.165, 1.54) is 18.2 Å². The molecule has 0 saturated carbocycles. The van der Waals surface area contributed by atoms with Crippen molar-refractivity contribution in [3.8, 4) is 11.5 Å². The van der Waals surface area contributed by atoms with Gasteiger partial charge in [-0.2, -0.15) is 5.10 Å². The molecule has 3 rings (SSSR count). The molecule has 0 spiro atoms. The molecule has 9 heteroatoms. The van der Waals surface area contributed by atoms with Gasteiger partial charge >= 0.3 is 0 Å². The SMILES string of the molecule is CCn1cc(Br)c(C(=O)Nc2cc(Oc3cccc(C)c3)cc([N+](=O)[O-])c2)n1. The zero-order chi connectivity index (χ0) is 20.3. The number of nitro groups is 1. The molecule has 0 unspecified atom stereocenters. The first-order valence-corrected chi connectivity index (χ1v) is 9.23. The molecule has 28 heavy (non-hydrogen) atoms. The number of anilines is 1. The van der Waals surface area contributed by atoms with E-state index in [-0.39, 0.29) is 22.8 Å². The van der Waals surface area contributed by atoms with Gasteiger partial charge in [0.2, 0.25) is 0 Å². The Hall–Kier alpha value is -3.20. The van der Waals surface area contributed by atoms with Crippen LogP contribution in [0.15, 0.2) is 53.1 Å². The van der Waals surface area contributed by atoms with E-state index < -0.39 is 10.8 Å². The standard InChI is InChI=1S/C19H17BrN4O4/c1-3-23-11-17(20)18(22-23)19(25)21-13-8-14(24(26)27)10-16(9-13)28-15-6-4-5-12(2)7-15/h4-11H,3H2,1-2H3,(H,21,25). The second kappa shape index (κ2) is 8.22. The maximum Gasteiger partial charge on any atom is 0.277 e. The first-order valence-electron chi connectivity index (χ1n) is 8.44. The smallest absolute Gasteiger partial charge is 0.277 e. The molecule has 1 amide bonds. The van der Waals surface area contributed by atoms with Crippen molar-refractivity contribution in [2.75, 3.05) is 5.32 Å². The molecule has 2 aromatic carbocycles. The summed E-state index contributed by atoms with van der Waals surface area (Å²) < 4.78 is 7.88. The van der Waals surface area contributed by atoms with Crippen LogP contribution in [0.2, 0.25) is 0 Å². The van der Waals surface area contributed by atoms with Gasteiger partial charge in [-0.1, -0.05) is 12.1 Å². The molecule has 0 radical (unpaired) electrons. The van der Waals surface area contributed by atoms with Crippen LogP contribution >= 0.6 is 15.9 Å². The third-order valence-electron chi connectivity index (χ3n) is 3.84. The lowest BCUT2D eigenvalue weighted by Gasteiger charge is -2.09. The van der Waals surface area contributed by atoms with Crippen LogP contribution in [0.4, 0.5) is 11.4 Å². The molecule has 0 aliphatic rings. The summed E-state index contributed by atoms with van der Waals surface area (Å²) in [6.07, 6.45) is 1.69. The van der Waals surface area contributed by atoms with Gasteiger partial charge in [0.25, 0.3) is 11.6 Å². The van der Waals surface area contributed by atoms with Crippen LogP contribution < -0.4 is 10.1 Å². The number of carbonyl (C=O) groups is 1. The van der Waals surface area contributed by atoms with Gasteiger partial charge in [0.15, 0.2) is 5.69 Å². The number of non-ortho nitro benzene ring substituents is 1. The Morgan fingerprint density at radius 3 is 2.71 bits per heavy atom. The zero-order valence-corrected chi connectivity index (χ0v) is 16.8. The fourth-order valence-corrected chi connectivity index (χ4v) is 3.03. The molecule has 8 nitrogen and oxygen atoms in total. The number of hydrogen-bond donors (Lipinski definition) is 1. The normalized spacial score (nSPS) is 10.5. The Morgan fingerprint density at radius 1 is 1.29 bits per heavy atom. The van der Waals surface area contributed by atoms with Crippen molar-refractivity contribution in [3.63, 3.8) is 0 Å². The van der Waals surface area contributed by atoms with E-state index in [1.807, 2.05) is 32.0 Å². The van der Waals surface area contributed by atoms with Crippen LogP contribution in [-0.4, -0.2) is 20.6 Å². The minimum Gasteiger partial charge on any atom is -0.457 e. The van der Waals surface area contributed by atoms with Crippen LogP contribution in [0.3, 0.4) is 0 Å². The summed E-state index contributed by atoms with van der Waals surface area (Å²) in [5, 5.41) is 18.1. The maximum atomic E-state index is 12.5. The number of aryl methyl sites for hydroxylation is 2. The fourth-order valence-electron chi connectivity index (χ4n) is 2.54. The van der Waals surface area contributed by atoms with Crippen molar-refractivity contribution < 1.29 is 14.5 Å². The van der Waals surface area contributed by atoms with Crippen molar-refractivity contribution in [2.45, 2.75) is 20.4 Å². The molecule has 1 aromatic heterocycles. The number of amides is 1. The highest BCUT2D eigenvalue weighted by atomic mass is 79.9. The average Bonchev–Trinajstić information content (AvgIpc) is 3.02. The van der Waals surface area contributed by atoms with E-state index >= 15 is 0 Å². The minimum atomic E-state index is -0.541. The summed E-state index contributed by atoms with van der Waals surface area (Å²) in [4.78, 5) is 23.3. The fraction of sp³-hybridized carbons (Fsp3) is 0.158. The topological polar surface area (TPSA) is 99.3 Å². The first kappa shape index (κ1) is 19.6. The summed E-state index contributed by atoms with van der Waals surface area (Å²) in [6.45, 7) is 4.42. The molecular formula is C19H17BrN4O4. The van der Waals surface area contributed by atoms with E-state index in [1.54, 1.807) is 16.9 Å². The van der Waals surface area contributed by atoms with E-state index in [0.29, 0.717) is 16.8 Å². The summed E-state index contributed by atoms with van der Waals surface area (Å²) in [5.41, 5.74) is 1.22. The van der Waals surface area contributed by atoms with Crippen LogP contribution in [0.25, 0.3) is 0 Å². The van der Waals surface area contributed by atoms with Crippen molar-refractivity contribution in [3.05, 3.63) is 74.5 Å². The first-order chi connectivity index (χ1) is 13.4. The number of rotatable bonds is 6. The Morgan fingerprint density at radius 2 is 2.07 bits per heavy atom. The molecule has 0 bridgehead atoms. The number of carbonyl (C=O) groups excluding carboxylic acids is 1. The number of halogens is 1. The zero-order valence-electron chi connectivity index (χ0n) is 15.2. The van der Waals surface area contributed by atoms with Gasteiger partial charge in [0.05, 0.1) is 21.1 Å². The molecule has 1 heterocycles. The number of nitro benzene ring substituents is 1. The van der Waals surface area contributed by atoms with E-state index in [0.717, 1.165) is 5.56 Å². The van der Waals surface area contributed by atoms with Gasteiger partial charge in [-0.05, 0) is 47.5 Å². The van der Waals surface area contributed by atoms with Crippen molar-refractivity contribution in [1.82, 2.24) is 9.78 Å². The van der Waals surface area contributed by atoms with Gasteiger partial charge < -0.3 is 10.1 Å². The second-order valence-electron chi connectivity index (χ2n) is 6.03. The quantitative estimate of drug-likeness (QED) is 0.429. The highest BCUT2D eigenvalue weighted by Gasteiger charge is 2.18. The van der Waals surface area contributed by atoms with Gasteiger partial charge in [-0.25, -0.2) is 0 Å². The second-order valence-corrected chi connectivity index (χ2v) is 6.88. The third kappa shape index (κ3) is 4.55. The van der Waals surface area contributed by atoms with Gasteiger partial charge in [0, 0.05) is 24.9 Å². The monoisotopic (exact) mass is 444 g/mol. The number of nitrogens with zero attached hydrogens (tertiary/aromatic N) is 3. The van der Waals surface area contributed by atoms with Crippen molar-refractivity contribution in [1.29, 1.82) is 0 Å². The predicted octanol–water partition coefficient (Wildman–Crippen LogP) is 4.93. The molecule has 1 N–H and O–H groups in total. The van der Waals surface area contributed by atoms with Gasteiger partial charge in [-0.3, -0.25) is 19.6 Å². The molecule has 0 saturated heterocycles. The van der Waals surface area contributed by atoms with Crippen LogP contribution in [0, 0.1) is 17.0 Å². The summed E-state index contributed by atoms with van der Waals surface area (Å²) in [6, 6.07) is 11.4. The van der Waals surface area contributed by atoms with Crippen LogP contribution in [-0.2, 0) is 6.54 Å².